The Balaban J connectivity index is 1.90. The molecule has 0 bridgehead atoms. The molecule has 2 rings (SSSR count). The first-order valence-corrected chi connectivity index (χ1v) is 12.6. The topological polar surface area (TPSA) is 86.2 Å². The van der Waals surface area contributed by atoms with Crippen LogP contribution in [0.2, 0.25) is 0 Å². The predicted molar refractivity (Wildman–Crippen MR) is 139 cm³/mol. The summed E-state index contributed by atoms with van der Waals surface area (Å²) in [5.41, 5.74) is 3.69. The monoisotopic (exact) mass is 482 g/mol. The second-order valence-corrected chi connectivity index (χ2v) is 8.21. The van der Waals surface area contributed by atoms with Crippen LogP contribution >= 0.6 is 0 Å². The van der Waals surface area contributed by atoms with Crippen LogP contribution in [0.15, 0.2) is 47.6 Å². The van der Waals surface area contributed by atoms with Gasteiger partial charge < -0.3 is 14.2 Å². The van der Waals surface area contributed by atoms with E-state index >= 15 is 0 Å². The minimum atomic E-state index is -0.489. The number of amides is 1. The molecule has 35 heavy (non-hydrogen) atoms. The van der Waals surface area contributed by atoms with Crippen molar-refractivity contribution in [2.45, 2.75) is 72.1 Å². The molecule has 1 N–H and O–H groups in total. The normalized spacial score (nSPS) is 10.8. The molecule has 0 radical (unpaired) electrons. The largest absolute Gasteiger partial charge is 0.494 e. The highest BCUT2D eigenvalue weighted by Gasteiger charge is 2.13. The van der Waals surface area contributed by atoms with Crippen molar-refractivity contribution in [3.8, 4) is 17.2 Å². The van der Waals surface area contributed by atoms with Crippen LogP contribution in [0.5, 0.6) is 17.2 Å². The van der Waals surface area contributed by atoms with Gasteiger partial charge in [-0.2, -0.15) is 5.10 Å². The van der Waals surface area contributed by atoms with Gasteiger partial charge in [0, 0.05) is 6.42 Å². The lowest BCUT2D eigenvalue weighted by atomic mass is 10.1. The molecule has 1 amide bonds. The van der Waals surface area contributed by atoms with E-state index in [-0.39, 0.29) is 5.91 Å². The molecule has 2 aromatic rings. The van der Waals surface area contributed by atoms with Gasteiger partial charge in [-0.15, -0.1) is 0 Å². The molecule has 0 fully saturated rings. The number of hydrogen-bond donors (Lipinski definition) is 1. The van der Waals surface area contributed by atoms with Gasteiger partial charge in [-0.05, 0) is 67.8 Å². The maximum atomic E-state index is 12.6. The van der Waals surface area contributed by atoms with E-state index in [9.17, 15) is 9.59 Å². The summed E-state index contributed by atoms with van der Waals surface area (Å²) in [5.74, 6) is 0.856. The first-order chi connectivity index (χ1) is 17.1. The molecule has 0 saturated carbocycles. The van der Waals surface area contributed by atoms with E-state index < -0.39 is 5.97 Å². The highest BCUT2D eigenvalue weighted by molar-refractivity contribution is 5.91. The van der Waals surface area contributed by atoms with Crippen molar-refractivity contribution in [3.63, 3.8) is 0 Å². The number of benzene rings is 2. The van der Waals surface area contributed by atoms with Crippen molar-refractivity contribution in [3.05, 3.63) is 53.6 Å². The first-order valence-electron chi connectivity index (χ1n) is 12.6. The minimum Gasteiger partial charge on any atom is -0.494 e. The van der Waals surface area contributed by atoms with Gasteiger partial charge in [-0.3, -0.25) is 4.79 Å². The standard InChI is InChI=1S/C28H38N2O5/c1-4-7-8-9-10-11-12-27(31)30-29-21-22-13-18-25(26(20-22)33-6-3)35-28(32)23-14-16-24(17-15-23)34-19-5-2/h13-18,20-21H,4-12,19H2,1-3H3,(H,30,31)/b29-21+. The lowest BCUT2D eigenvalue weighted by Gasteiger charge is -2.12. The summed E-state index contributed by atoms with van der Waals surface area (Å²) in [5, 5.41) is 4.04. The molecule has 0 aliphatic heterocycles. The molecule has 0 spiro atoms. The average Bonchev–Trinajstić information content (AvgIpc) is 2.86. The number of rotatable bonds is 16. The smallest absolute Gasteiger partial charge is 0.343 e. The quantitative estimate of drug-likeness (QED) is 0.0998. The van der Waals surface area contributed by atoms with E-state index in [2.05, 4.69) is 17.5 Å². The van der Waals surface area contributed by atoms with E-state index in [4.69, 9.17) is 14.2 Å². The van der Waals surface area contributed by atoms with Crippen LogP contribution in [-0.2, 0) is 4.79 Å². The molecule has 190 valence electrons. The molecule has 0 heterocycles. The summed E-state index contributed by atoms with van der Waals surface area (Å²) in [7, 11) is 0. The fourth-order valence-corrected chi connectivity index (χ4v) is 3.32. The molecule has 2 aromatic carbocycles. The van der Waals surface area contributed by atoms with E-state index in [0.29, 0.717) is 48.0 Å². The summed E-state index contributed by atoms with van der Waals surface area (Å²) in [4.78, 5) is 24.6. The third-order valence-corrected chi connectivity index (χ3v) is 5.19. The highest BCUT2D eigenvalue weighted by atomic mass is 16.6. The number of hydrazone groups is 1. The van der Waals surface area contributed by atoms with Crippen molar-refractivity contribution < 1.29 is 23.8 Å². The zero-order valence-corrected chi connectivity index (χ0v) is 21.2. The van der Waals surface area contributed by atoms with Crippen LogP contribution in [0, 0.1) is 0 Å². The van der Waals surface area contributed by atoms with Crippen LogP contribution in [-0.4, -0.2) is 31.3 Å². The summed E-state index contributed by atoms with van der Waals surface area (Å²) < 4.78 is 16.8. The third kappa shape index (κ3) is 10.6. The average molecular weight is 483 g/mol. The van der Waals surface area contributed by atoms with Crippen LogP contribution in [0.3, 0.4) is 0 Å². The Bertz CT molecular complexity index is 941. The number of unbranched alkanes of at least 4 members (excludes halogenated alkanes) is 5. The summed E-state index contributed by atoms with van der Waals surface area (Å²) in [6.45, 7) is 7.10. The second-order valence-electron chi connectivity index (χ2n) is 8.21. The van der Waals surface area contributed by atoms with Crippen molar-refractivity contribution in [1.29, 1.82) is 0 Å². The maximum Gasteiger partial charge on any atom is 0.343 e. The SMILES string of the molecule is CCCCCCCCC(=O)N/N=C/c1ccc(OC(=O)c2ccc(OCCC)cc2)c(OCC)c1. The van der Waals surface area contributed by atoms with Gasteiger partial charge in [0.15, 0.2) is 11.5 Å². The molecule has 0 atom stereocenters. The number of ether oxygens (including phenoxy) is 3. The van der Waals surface area contributed by atoms with Gasteiger partial charge in [0.25, 0.3) is 0 Å². The third-order valence-electron chi connectivity index (χ3n) is 5.19. The lowest BCUT2D eigenvalue weighted by molar-refractivity contribution is -0.121. The van der Waals surface area contributed by atoms with Crippen LogP contribution in [0.4, 0.5) is 0 Å². The van der Waals surface area contributed by atoms with Crippen molar-refractivity contribution in [2.75, 3.05) is 13.2 Å². The molecule has 0 unspecified atom stereocenters. The van der Waals surface area contributed by atoms with Gasteiger partial charge in [-0.25, -0.2) is 10.2 Å². The number of nitrogens with one attached hydrogen (secondary N) is 1. The molecule has 7 heteroatoms. The molecule has 7 nitrogen and oxygen atoms in total. The minimum absolute atomic E-state index is 0.0987. The number of carbonyl (C=O) groups excluding carboxylic acids is 2. The summed E-state index contributed by atoms with van der Waals surface area (Å²) >= 11 is 0. The first kappa shape index (κ1) is 27.9. The van der Waals surface area contributed by atoms with Gasteiger partial charge in [-0.1, -0.05) is 46.0 Å². The van der Waals surface area contributed by atoms with Gasteiger partial charge in [0.1, 0.15) is 5.75 Å². The number of nitrogens with zero attached hydrogens (tertiary/aromatic N) is 1. The van der Waals surface area contributed by atoms with Crippen LogP contribution in [0.1, 0.15) is 88.1 Å². The molecule has 0 saturated heterocycles. The van der Waals surface area contributed by atoms with Crippen LogP contribution in [0.25, 0.3) is 0 Å². The summed E-state index contributed by atoms with van der Waals surface area (Å²) in [6, 6.07) is 12.0. The Kier molecular flexibility index (Phi) is 13.0. The fraction of sp³-hybridized carbons (Fsp3) is 0.464. The lowest BCUT2D eigenvalue weighted by Crippen LogP contribution is -2.16. The van der Waals surface area contributed by atoms with E-state index in [1.165, 1.54) is 25.7 Å². The van der Waals surface area contributed by atoms with Gasteiger partial charge in [0.2, 0.25) is 5.91 Å². The molecular formula is C28H38N2O5. The molecular weight excluding hydrogens is 444 g/mol. The van der Waals surface area contributed by atoms with E-state index in [1.807, 2.05) is 13.8 Å². The van der Waals surface area contributed by atoms with Crippen molar-refractivity contribution in [2.24, 2.45) is 5.10 Å². The Morgan fingerprint density at radius 1 is 0.857 bits per heavy atom. The van der Waals surface area contributed by atoms with Gasteiger partial charge in [0.05, 0.1) is 25.0 Å². The van der Waals surface area contributed by atoms with E-state index in [1.54, 1.807) is 48.7 Å². The number of esters is 1. The number of hydrogen-bond acceptors (Lipinski definition) is 6. The van der Waals surface area contributed by atoms with Gasteiger partial charge >= 0.3 is 5.97 Å². The molecule has 0 aliphatic rings. The zero-order valence-electron chi connectivity index (χ0n) is 21.2. The van der Waals surface area contributed by atoms with E-state index in [0.717, 1.165) is 19.3 Å². The van der Waals surface area contributed by atoms with Crippen molar-refractivity contribution >= 4 is 18.1 Å². The Labute approximate surface area is 208 Å². The Hall–Kier alpha value is -3.35. The fourth-order valence-electron chi connectivity index (χ4n) is 3.32. The zero-order chi connectivity index (χ0) is 25.3. The number of carbonyl (C=O) groups is 2. The Morgan fingerprint density at radius 2 is 1.60 bits per heavy atom. The van der Waals surface area contributed by atoms with Crippen LogP contribution < -0.4 is 19.6 Å². The second kappa shape index (κ2) is 16.3. The molecule has 0 aliphatic carbocycles. The highest BCUT2D eigenvalue weighted by Crippen LogP contribution is 2.29. The summed E-state index contributed by atoms with van der Waals surface area (Å²) in [6.07, 6.45) is 9.71. The predicted octanol–water partition coefficient (Wildman–Crippen LogP) is 6.29. The Morgan fingerprint density at radius 3 is 2.31 bits per heavy atom. The van der Waals surface area contributed by atoms with Crippen molar-refractivity contribution in [1.82, 2.24) is 5.43 Å². The molecule has 0 aromatic heterocycles. The maximum absolute atomic E-state index is 12.6.